The van der Waals surface area contributed by atoms with Crippen molar-refractivity contribution in [2.75, 3.05) is 51.3 Å². The van der Waals surface area contributed by atoms with Gasteiger partial charge in [-0.3, -0.25) is 4.79 Å². The van der Waals surface area contributed by atoms with Crippen molar-refractivity contribution in [2.45, 2.75) is 46.0 Å². The Morgan fingerprint density at radius 2 is 1.85 bits per heavy atom. The SMILES string of the molecule is CC[C@H](CNS(=O)CC)CN1CCC2(CC1)CCN(CC1=CC=C(S(C)(=O)=O)C=CC1)C2=O. The summed E-state index contributed by atoms with van der Waals surface area (Å²) in [5, 5.41) is 0. The van der Waals surface area contributed by atoms with E-state index in [1.807, 2.05) is 24.0 Å². The van der Waals surface area contributed by atoms with E-state index in [0.29, 0.717) is 29.5 Å². The van der Waals surface area contributed by atoms with E-state index >= 15 is 0 Å². The molecule has 0 radical (unpaired) electrons. The van der Waals surface area contributed by atoms with E-state index in [4.69, 9.17) is 0 Å². The van der Waals surface area contributed by atoms with E-state index in [1.54, 1.807) is 12.2 Å². The summed E-state index contributed by atoms with van der Waals surface area (Å²) in [5.74, 6) is 1.35. The van der Waals surface area contributed by atoms with E-state index in [9.17, 15) is 17.4 Å². The summed E-state index contributed by atoms with van der Waals surface area (Å²) in [6.07, 6.45) is 12.6. The third kappa shape index (κ3) is 6.87. The fourth-order valence-electron chi connectivity index (χ4n) is 4.95. The Hall–Kier alpha value is -1.29. The minimum absolute atomic E-state index is 0.241. The van der Waals surface area contributed by atoms with Gasteiger partial charge in [0.05, 0.1) is 21.3 Å². The first-order chi connectivity index (χ1) is 15.7. The monoisotopic (exact) mass is 497 g/mol. The smallest absolute Gasteiger partial charge is 0.229 e. The van der Waals surface area contributed by atoms with Gasteiger partial charge < -0.3 is 9.80 Å². The lowest BCUT2D eigenvalue weighted by Crippen LogP contribution is -2.46. The van der Waals surface area contributed by atoms with E-state index in [0.717, 1.165) is 64.0 Å². The number of sulfone groups is 1. The molecular weight excluding hydrogens is 458 g/mol. The molecule has 0 bridgehead atoms. The third-order valence-electron chi connectivity index (χ3n) is 7.27. The summed E-state index contributed by atoms with van der Waals surface area (Å²) in [6, 6.07) is 0. The van der Waals surface area contributed by atoms with Crippen LogP contribution < -0.4 is 4.72 Å². The highest BCUT2D eigenvalue weighted by Gasteiger charge is 2.48. The molecule has 0 aromatic carbocycles. The highest BCUT2D eigenvalue weighted by atomic mass is 32.2. The van der Waals surface area contributed by atoms with Crippen LogP contribution in [0.4, 0.5) is 0 Å². The Labute approximate surface area is 201 Å². The molecule has 9 heteroatoms. The Morgan fingerprint density at radius 1 is 1.15 bits per heavy atom. The van der Waals surface area contributed by atoms with Gasteiger partial charge in [-0.2, -0.15) is 0 Å². The Kier molecular flexibility index (Phi) is 9.11. The molecule has 1 unspecified atom stereocenters. The summed E-state index contributed by atoms with van der Waals surface area (Å²) >= 11 is 0. The number of piperidine rings is 1. The predicted octanol–water partition coefficient (Wildman–Crippen LogP) is 2.42. The van der Waals surface area contributed by atoms with Gasteiger partial charge in [0.25, 0.3) is 0 Å². The molecule has 2 aliphatic heterocycles. The van der Waals surface area contributed by atoms with Gasteiger partial charge in [0.15, 0.2) is 9.84 Å². The van der Waals surface area contributed by atoms with Crippen molar-refractivity contribution in [1.82, 2.24) is 14.5 Å². The second kappa shape index (κ2) is 11.4. The number of allylic oxidation sites excluding steroid dienone is 4. The summed E-state index contributed by atoms with van der Waals surface area (Å²) in [5.41, 5.74) is 0.824. The average molecular weight is 498 g/mol. The van der Waals surface area contributed by atoms with Crippen LogP contribution in [0.3, 0.4) is 0 Å². The molecule has 2 atom stereocenters. The molecule has 186 valence electrons. The molecule has 2 heterocycles. The number of amides is 1. The molecule has 2 fully saturated rings. The summed E-state index contributed by atoms with van der Waals surface area (Å²) < 4.78 is 38.4. The molecule has 1 aliphatic carbocycles. The molecule has 1 N–H and O–H groups in total. The van der Waals surface area contributed by atoms with Crippen molar-refractivity contribution in [3.8, 4) is 0 Å². The van der Waals surface area contributed by atoms with Gasteiger partial charge in [-0.15, -0.1) is 0 Å². The van der Waals surface area contributed by atoms with E-state index in [1.165, 1.54) is 6.26 Å². The van der Waals surface area contributed by atoms with Crippen molar-refractivity contribution in [2.24, 2.45) is 11.3 Å². The lowest BCUT2D eigenvalue weighted by molar-refractivity contribution is -0.138. The molecule has 1 spiro atoms. The van der Waals surface area contributed by atoms with Crippen molar-refractivity contribution >= 4 is 26.7 Å². The number of carbonyl (C=O) groups is 1. The van der Waals surface area contributed by atoms with Crippen LogP contribution in [0.25, 0.3) is 0 Å². The number of carbonyl (C=O) groups excluding carboxylic acids is 1. The van der Waals surface area contributed by atoms with Crippen molar-refractivity contribution in [3.63, 3.8) is 0 Å². The Bertz CT molecular complexity index is 931. The zero-order valence-electron chi connectivity index (χ0n) is 20.2. The minimum Gasteiger partial charge on any atom is -0.338 e. The molecule has 0 aromatic heterocycles. The number of likely N-dealkylation sites (tertiary alicyclic amines) is 2. The third-order valence-corrected chi connectivity index (χ3v) is 9.41. The summed E-state index contributed by atoms with van der Waals surface area (Å²) in [4.78, 5) is 18.1. The maximum atomic E-state index is 13.4. The van der Waals surface area contributed by atoms with Crippen LogP contribution in [-0.4, -0.2) is 79.6 Å². The van der Waals surface area contributed by atoms with E-state index < -0.39 is 20.8 Å². The lowest BCUT2D eigenvalue weighted by atomic mass is 9.77. The fourth-order valence-corrected chi connectivity index (χ4v) is 6.23. The van der Waals surface area contributed by atoms with Crippen molar-refractivity contribution < 1.29 is 17.4 Å². The van der Waals surface area contributed by atoms with Gasteiger partial charge in [0, 0.05) is 38.2 Å². The quantitative estimate of drug-likeness (QED) is 0.501. The highest BCUT2D eigenvalue weighted by molar-refractivity contribution is 7.94. The van der Waals surface area contributed by atoms with E-state index in [-0.39, 0.29) is 11.3 Å². The molecule has 7 nitrogen and oxygen atoms in total. The minimum atomic E-state index is -3.23. The Balaban J connectivity index is 1.53. The number of nitrogens with one attached hydrogen (secondary N) is 1. The second-order valence-electron chi connectivity index (χ2n) is 9.59. The molecule has 0 aromatic rings. The van der Waals surface area contributed by atoms with Crippen LogP contribution in [0.15, 0.2) is 34.8 Å². The molecule has 33 heavy (non-hydrogen) atoms. The van der Waals surface area contributed by atoms with Crippen LogP contribution in [0.2, 0.25) is 0 Å². The number of rotatable bonds is 10. The van der Waals surface area contributed by atoms with Crippen molar-refractivity contribution in [1.29, 1.82) is 0 Å². The van der Waals surface area contributed by atoms with Crippen molar-refractivity contribution in [3.05, 3.63) is 34.8 Å². The normalized spacial score (nSPS) is 23.4. The number of nitrogens with zero attached hydrogens (tertiary/aromatic N) is 2. The van der Waals surface area contributed by atoms with Crippen LogP contribution in [0.5, 0.6) is 0 Å². The average Bonchev–Trinajstić information content (AvgIpc) is 2.96. The topological polar surface area (TPSA) is 86.8 Å². The van der Waals surface area contributed by atoms with Gasteiger partial charge in [-0.1, -0.05) is 32.4 Å². The van der Waals surface area contributed by atoms with Crippen LogP contribution in [-0.2, 0) is 25.6 Å². The molecule has 0 saturated carbocycles. The van der Waals surface area contributed by atoms with E-state index in [2.05, 4.69) is 16.5 Å². The van der Waals surface area contributed by atoms with Gasteiger partial charge in [-0.05, 0) is 62.4 Å². The first-order valence-electron chi connectivity index (χ1n) is 12.1. The number of hydrogen-bond acceptors (Lipinski definition) is 5. The summed E-state index contributed by atoms with van der Waals surface area (Å²) in [6.45, 7) is 9.04. The maximum absolute atomic E-state index is 13.4. The Morgan fingerprint density at radius 3 is 2.48 bits per heavy atom. The molecule has 3 rings (SSSR count). The van der Waals surface area contributed by atoms with Crippen LogP contribution >= 0.6 is 0 Å². The predicted molar refractivity (Wildman–Crippen MR) is 135 cm³/mol. The van der Waals surface area contributed by atoms with Gasteiger partial charge >= 0.3 is 0 Å². The first kappa shape index (κ1) is 26.3. The lowest BCUT2D eigenvalue weighted by Gasteiger charge is -2.39. The second-order valence-corrected chi connectivity index (χ2v) is 13.2. The fraction of sp³-hybridized carbons (Fsp3) is 0.708. The van der Waals surface area contributed by atoms with Gasteiger partial charge in [0.2, 0.25) is 5.91 Å². The maximum Gasteiger partial charge on any atom is 0.229 e. The number of hydrogen-bond donors (Lipinski definition) is 1. The summed E-state index contributed by atoms with van der Waals surface area (Å²) in [7, 11) is -4.18. The molecule has 1 amide bonds. The zero-order chi connectivity index (χ0) is 24.1. The highest BCUT2D eigenvalue weighted by Crippen LogP contribution is 2.42. The zero-order valence-corrected chi connectivity index (χ0v) is 21.8. The largest absolute Gasteiger partial charge is 0.338 e. The van der Waals surface area contributed by atoms with Gasteiger partial charge in [-0.25, -0.2) is 17.3 Å². The molecule has 2 saturated heterocycles. The van der Waals surface area contributed by atoms with Crippen LogP contribution in [0, 0.1) is 11.3 Å². The standard InChI is InChI=1S/C24H39N3O4S2/c1-4-20(17-25-32(29)5-2)18-26-14-11-24(12-15-26)13-16-27(23(24)28)19-21-7-6-8-22(10-9-21)33(3,30)31/h6,8-10,20,25H,4-5,7,11-19H2,1-3H3/t20-,32?/m1/s1. The van der Waals surface area contributed by atoms with Crippen LogP contribution in [0.1, 0.15) is 46.0 Å². The molecule has 3 aliphatic rings. The molecular formula is C24H39N3O4S2. The van der Waals surface area contributed by atoms with Gasteiger partial charge in [0.1, 0.15) is 0 Å². The first-order valence-corrected chi connectivity index (χ1v) is 15.3.